The zero-order chi connectivity index (χ0) is 19.7. The monoisotopic (exact) mass is 373 g/mol. The second-order valence-electron chi connectivity index (χ2n) is 7.65. The van der Waals surface area contributed by atoms with E-state index in [1.807, 2.05) is 27.7 Å². The molecule has 2 aromatic rings. The Labute approximate surface area is 158 Å². The highest BCUT2D eigenvalue weighted by atomic mass is 16.2. The van der Waals surface area contributed by atoms with Gasteiger partial charge in [-0.05, 0) is 32.3 Å². The molecule has 0 saturated carbocycles. The van der Waals surface area contributed by atoms with E-state index in [9.17, 15) is 9.59 Å². The Hall–Kier alpha value is -2.71. The number of carbonyl (C=O) groups is 2. The van der Waals surface area contributed by atoms with Crippen molar-refractivity contribution in [2.75, 3.05) is 6.54 Å². The van der Waals surface area contributed by atoms with Crippen LogP contribution < -0.4 is 5.32 Å². The maximum Gasteiger partial charge on any atom is 0.272 e. The molecule has 0 spiro atoms. The predicted octanol–water partition coefficient (Wildman–Crippen LogP) is 1.27. The highest BCUT2D eigenvalue weighted by Gasteiger charge is 2.40. The number of hydrogen-bond acceptors (Lipinski definition) is 5. The fraction of sp³-hybridized carbons (Fsp3) is 0.611. The van der Waals surface area contributed by atoms with Crippen LogP contribution in [-0.2, 0) is 11.8 Å². The summed E-state index contributed by atoms with van der Waals surface area (Å²) in [5.74, 6) is 1.42. The summed E-state index contributed by atoms with van der Waals surface area (Å²) in [6, 6.07) is 1.35. The van der Waals surface area contributed by atoms with Crippen molar-refractivity contribution < 1.29 is 9.59 Å². The zero-order valence-electron chi connectivity index (χ0n) is 16.5. The van der Waals surface area contributed by atoms with Gasteiger partial charge in [-0.3, -0.25) is 19.4 Å². The molecule has 2 amide bonds. The number of H-pyrrole nitrogens is 1. The minimum Gasteiger partial charge on any atom is -0.351 e. The molecule has 2 N–H and O–H groups in total. The first-order chi connectivity index (χ1) is 12.7. The van der Waals surface area contributed by atoms with E-state index in [0.717, 1.165) is 5.69 Å². The van der Waals surface area contributed by atoms with Crippen LogP contribution in [-0.4, -0.2) is 54.3 Å². The van der Waals surface area contributed by atoms with Crippen LogP contribution in [0.25, 0.3) is 0 Å². The van der Waals surface area contributed by atoms with Crippen LogP contribution in [0.5, 0.6) is 0 Å². The molecule has 0 aromatic carbocycles. The number of likely N-dealkylation sites (tertiary alicyclic amines) is 1. The van der Waals surface area contributed by atoms with E-state index in [2.05, 4.69) is 25.6 Å². The van der Waals surface area contributed by atoms with Crippen molar-refractivity contribution >= 4 is 11.8 Å². The van der Waals surface area contributed by atoms with Crippen LogP contribution >= 0.6 is 0 Å². The number of carbonyl (C=O) groups excluding carboxylic acids is 2. The van der Waals surface area contributed by atoms with Gasteiger partial charge in [0.2, 0.25) is 5.91 Å². The van der Waals surface area contributed by atoms with Gasteiger partial charge in [0.25, 0.3) is 5.91 Å². The summed E-state index contributed by atoms with van der Waals surface area (Å²) in [7, 11) is 1.75. The van der Waals surface area contributed by atoms with E-state index in [1.54, 1.807) is 22.7 Å². The summed E-state index contributed by atoms with van der Waals surface area (Å²) in [4.78, 5) is 31.5. The normalized spacial score (nSPS) is 19.7. The van der Waals surface area contributed by atoms with Gasteiger partial charge in [0.15, 0.2) is 5.82 Å². The second-order valence-corrected chi connectivity index (χ2v) is 7.65. The fourth-order valence-corrected chi connectivity index (χ4v) is 3.53. The van der Waals surface area contributed by atoms with Crippen molar-refractivity contribution in [2.45, 2.75) is 52.6 Å². The number of rotatable bonds is 5. The molecule has 2 atom stereocenters. The van der Waals surface area contributed by atoms with Gasteiger partial charge in [0, 0.05) is 26.1 Å². The molecule has 1 fully saturated rings. The van der Waals surface area contributed by atoms with E-state index in [0.29, 0.717) is 36.7 Å². The number of nitrogens with zero attached hydrogens (tertiary/aromatic N) is 5. The number of aromatic amines is 1. The summed E-state index contributed by atoms with van der Waals surface area (Å²) in [5.41, 5.74) is 1.30. The third-order valence-corrected chi connectivity index (χ3v) is 4.65. The van der Waals surface area contributed by atoms with Crippen molar-refractivity contribution in [2.24, 2.45) is 13.0 Å². The number of hydrogen-bond donors (Lipinski definition) is 2. The first kappa shape index (κ1) is 19.1. The van der Waals surface area contributed by atoms with Gasteiger partial charge < -0.3 is 10.2 Å². The van der Waals surface area contributed by atoms with Crippen molar-refractivity contribution in [3.63, 3.8) is 0 Å². The Morgan fingerprint density at radius 1 is 1.37 bits per heavy atom. The van der Waals surface area contributed by atoms with Gasteiger partial charge in [-0.2, -0.15) is 10.2 Å². The first-order valence-electron chi connectivity index (χ1n) is 9.24. The standard InChI is InChI=1S/C18H27N7O2/c1-10(2)6-16(26)20-13-8-14(17-19-12(4)21-22-17)25(9-13)18(27)15-7-11(3)23-24(15)5/h7,10,13-14H,6,8-9H2,1-5H3,(H,20,26)(H,19,21,22)/t13-,14-/m0/s1. The summed E-state index contributed by atoms with van der Waals surface area (Å²) in [6.45, 7) is 8.11. The SMILES string of the molecule is Cc1cc(C(=O)N2C[C@@H](NC(=O)CC(C)C)C[C@H]2c2n[nH]c(C)n2)n(C)n1. The maximum absolute atomic E-state index is 13.2. The largest absolute Gasteiger partial charge is 0.351 e. The Bertz CT molecular complexity index is 839. The van der Waals surface area contributed by atoms with E-state index >= 15 is 0 Å². The van der Waals surface area contributed by atoms with Crippen LogP contribution in [0.3, 0.4) is 0 Å². The van der Waals surface area contributed by atoms with Crippen molar-refractivity contribution in [3.8, 4) is 0 Å². The van der Waals surface area contributed by atoms with Crippen molar-refractivity contribution in [1.82, 2.24) is 35.2 Å². The molecule has 9 nitrogen and oxygen atoms in total. The molecular formula is C18H27N7O2. The topological polar surface area (TPSA) is 109 Å². The molecule has 2 aromatic heterocycles. The Balaban J connectivity index is 1.83. The molecule has 1 aliphatic rings. The molecule has 9 heteroatoms. The lowest BCUT2D eigenvalue weighted by Crippen LogP contribution is -2.39. The predicted molar refractivity (Wildman–Crippen MR) is 98.8 cm³/mol. The average molecular weight is 373 g/mol. The van der Waals surface area contributed by atoms with Gasteiger partial charge in [0.05, 0.1) is 11.7 Å². The lowest BCUT2D eigenvalue weighted by molar-refractivity contribution is -0.122. The van der Waals surface area contributed by atoms with E-state index in [4.69, 9.17) is 0 Å². The van der Waals surface area contributed by atoms with Gasteiger partial charge in [0.1, 0.15) is 11.5 Å². The highest BCUT2D eigenvalue weighted by Crippen LogP contribution is 2.31. The molecular weight excluding hydrogens is 346 g/mol. The molecule has 3 rings (SSSR count). The highest BCUT2D eigenvalue weighted by molar-refractivity contribution is 5.93. The van der Waals surface area contributed by atoms with Gasteiger partial charge >= 0.3 is 0 Å². The van der Waals surface area contributed by atoms with Crippen LogP contribution in [0.2, 0.25) is 0 Å². The summed E-state index contributed by atoms with van der Waals surface area (Å²) < 4.78 is 1.59. The molecule has 0 radical (unpaired) electrons. The van der Waals surface area contributed by atoms with Crippen LogP contribution in [0.15, 0.2) is 6.07 Å². The van der Waals surface area contributed by atoms with E-state index in [1.165, 1.54) is 0 Å². The van der Waals surface area contributed by atoms with Crippen molar-refractivity contribution in [1.29, 1.82) is 0 Å². The Kier molecular flexibility index (Phi) is 5.29. The minimum absolute atomic E-state index is 0.00518. The number of aromatic nitrogens is 5. The van der Waals surface area contributed by atoms with Crippen molar-refractivity contribution in [3.05, 3.63) is 29.1 Å². The third-order valence-electron chi connectivity index (χ3n) is 4.65. The molecule has 0 unspecified atom stereocenters. The smallest absolute Gasteiger partial charge is 0.272 e. The molecule has 146 valence electrons. The molecule has 0 bridgehead atoms. The summed E-state index contributed by atoms with van der Waals surface area (Å²) in [5, 5.41) is 14.4. The minimum atomic E-state index is -0.290. The van der Waals surface area contributed by atoms with Crippen LogP contribution in [0.1, 0.15) is 60.6 Å². The average Bonchev–Trinajstić information content (AvgIpc) is 3.24. The number of amides is 2. The van der Waals surface area contributed by atoms with Gasteiger partial charge in [-0.1, -0.05) is 13.8 Å². The lowest BCUT2D eigenvalue weighted by atomic mass is 10.1. The first-order valence-corrected chi connectivity index (χ1v) is 9.24. The quantitative estimate of drug-likeness (QED) is 0.820. The zero-order valence-corrected chi connectivity index (χ0v) is 16.5. The molecule has 0 aliphatic carbocycles. The number of nitrogens with one attached hydrogen (secondary N) is 2. The number of aryl methyl sites for hydroxylation is 3. The Morgan fingerprint density at radius 3 is 2.67 bits per heavy atom. The molecule has 3 heterocycles. The molecule has 27 heavy (non-hydrogen) atoms. The lowest BCUT2D eigenvalue weighted by Gasteiger charge is -2.22. The fourth-order valence-electron chi connectivity index (χ4n) is 3.53. The molecule has 1 aliphatic heterocycles. The summed E-state index contributed by atoms with van der Waals surface area (Å²) in [6.07, 6.45) is 1.06. The second kappa shape index (κ2) is 7.50. The van der Waals surface area contributed by atoms with Crippen LogP contribution in [0, 0.1) is 19.8 Å². The maximum atomic E-state index is 13.2. The van der Waals surface area contributed by atoms with E-state index < -0.39 is 0 Å². The Morgan fingerprint density at radius 2 is 2.11 bits per heavy atom. The van der Waals surface area contributed by atoms with Gasteiger partial charge in [-0.15, -0.1) is 0 Å². The third kappa shape index (κ3) is 4.17. The van der Waals surface area contributed by atoms with Gasteiger partial charge in [-0.25, -0.2) is 4.98 Å². The summed E-state index contributed by atoms with van der Waals surface area (Å²) >= 11 is 0. The molecule has 1 saturated heterocycles. The van der Waals surface area contributed by atoms with Crippen LogP contribution in [0.4, 0.5) is 0 Å². The van der Waals surface area contributed by atoms with E-state index in [-0.39, 0.29) is 29.8 Å².